The molecule has 0 bridgehead atoms. The summed E-state index contributed by atoms with van der Waals surface area (Å²) in [7, 11) is 4.04. The summed E-state index contributed by atoms with van der Waals surface area (Å²) in [6, 6.07) is 15.8. The molecule has 0 saturated carbocycles. The van der Waals surface area contributed by atoms with Crippen LogP contribution in [0.5, 0.6) is 0 Å². The standard InChI is InChI=1S/C21H22N6O/c1-14(16-8-5-7-11-19(16)26(2)3)27-13-15(12-22-27)23-21(28)20-17-9-4-6-10-18(17)24-25-20/h4-14H,1-3H3,(H,23,28)(H,24,25). The van der Waals surface area contributed by atoms with Crippen molar-refractivity contribution >= 4 is 28.2 Å². The lowest BCUT2D eigenvalue weighted by Gasteiger charge is -2.21. The van der Waals surface area contributed by atoms with Gasteiger partial charge in [0.15, 0.2) is 5.69 Å². The third-order valence-electron chi connectivity index (χ3n) is 4.81. The van der Waals surface area contributed by atoms with E-state index in [2.05, 4.69) is 44.6 Å². The fraction of sp³-hybridized carbons (Fsp3) is 0.190. The van der Waals surface area contributed by atoms with Crippen LogP contribution in [0.25, 0.3) is 10.9 Å². The molecule has 142 valence electrons. The lowest BCUT2D eigenvalue weighted by molar-refractivity contribution is 0.102. The summed E-state index contributed by atoms with van der Waals surface area (Å²) in [6.07, 6.45) is 3.49. The molecular weight excluding hydrogens is 352 g/mol. The smallest absolute Gasteiger partial charge is 0.276 e. The highest BCUT2D eigenvalue weighted by atomic mass is 16.2. The molecule has 2 N–H and O–H groups in total. The Morgan fingerprint density at radius 1 is 1.14 bits per heavy atom. The molecule has 28 heavy (non-hydrogen) atoms. The van der Waals surface area contributed by atoms with E-state index in [1.165, 1.54) is 0 Å². The van der Waals surface area contributed by atoms with E-state index >= 15 is 0 Å². The predicted octanol–water partition coefficient (Wildman–Crippen LogP) is 3.69. The molecule has 1 atom stereocenters. The number of rotatable bonds is 5. The molecular formula is C21H22N6O. The Bertz CT molecular complexity index is 1130. The van der Waals surface area contributed by atoms with Gasteiger partial charge in [-0.1, -0.05) is 36.4 Å². The average molecular weight is 374 g/mol. The molecule has 1 unspecified atom stereocenters. The molecule has 2 aromatic carbocycles. The molecule has 4 rings (SSSR count). The number of nitrogens with one attached hydrogen (secondary N) is 2. The van der Waals surface area contributed by atoms with Gasteiger partial charge < -0.3 is 10.2 Å². The number of para-hydroxylation sites is 2. The number of aromatic nitrogens is 4. The van der Waals surface area contributed by atoms with Gasteiger partial charge in [-0.2, -0.15) is 10.2 Å². The van der Waals surface area contributed by atoms with Gasteiger partial charge in [-0.3, -0.25) is 14.6 Å². The summed E-state index contributed by atoms with van der Waals surface area (Å²) in [6.45, 7) is 2.09. The van der Waals surface area contributed by atoms with Crippen molar-refractivity contribution in [3.8, 4) is 0 Å². The lowest BCUT2D eigenvalue weighted by Crippen LogP contribution is -2.15. The summed E-state index contributed by atoms with van der Waals surface area (Å²) in [5.74, 6) is -0.265. The second-order valence-electron chi connectivity index (χ2n) is 6.91. The van der Waals surface area contributed by atoms with Crippen molar-refractivity contribution in [1.29, 1.82) is 0 Å². The normalized spacial score (nSPS) is 12.1. The number of fused-ring (bicyclic) bond motifs is 1. The Kier molecular flexibility index (Phi) is 4.57. The minimum atomic E-state index is -0.265. The van der Waals surface area contributed by atoms with Crippen molar-refractivity contribution < 1.29 is 4.79 Å². The number of benzene rings is 2. The number of nitrogens with zero attached hydrogens (tertiary/aromatic N) is 4. The number of hydrogen-bond acceptors (Lipinski definition) is 4. The van der Waals surface area contributed by atoms with Gasteiger partial charge in [0.05, 0.1) is 23.4 Å². The average Bonchev–Trinajstić information content (AvgIpc) is 3.34. The van der Waals surface area contributed by atoms with Crippen LogP contribution in [0.15, 0.2) is 60.9 Å². The highest BCUT2D eigenvalue weighted by Gasteiger charge is 2.17. The zero-order valence-electron chi connectivity index (χ0n) is 16.0. The number of carbonyl (C=O) groups excluding carboxylic acids is 1. The number of anilines is 2. The minimum Gasteiger partial charge on any atom is -0.377 e. The van der Waals surface area contributed by atoms with Crippen molar-refractivity contribution in [2.24, 2.45) is 0 Å². The van der Waals surface area contributed by atoms with Gasteiger partial charge in [-0.25, -0.2) is 0 Å². The van der Waals surface area contributed by atoms with Gasteiger partial charge in [-0.05, 0) is 24.6 Å². The van der Waals surface area contributed by atoms with Crippen LogP contribution in [0.1, 0.15) is 29.0 Å². The highest BCUT2D eigenvalue weighted by Crippen LogP contribution is 2.28. The maximum Gasteiger partial charge on any atom is 0.276 e. The number of amides is 1. The summed E-state index contributed by atoms with van der Waals surface area (Å²) in [4.78, 5) is 14.7. The molecule has 2 aromatic heterocycles. The molecule has 0 aliphatic heterocycles. The Hall–Kier alpha value is -3.61. The van der Waals surface area contributed by atoms with E-state index in [1.807, 2.05) is 61.4 Å². The first-order valence-electron chi connectivity index (χ1n) is 9.09. The van der Waals surface area contributed by atoms with Crippen LogP contribution in [0.3, 0.4) is 0 Å². The van der Waals surface area contributed by atoms with Gasteiger partial charge in [0.2, 0.25) is 0 Å². The Morgan fingerprint density at radius 2 is 1.89 bits per heavy atom. The number of carbonyl (C=O) groups is 1. The molecule has 2 heterocycles. The minimum absolute atomic E-state index is 0.0236. The molecule has 0 fully saturated rings. The SMILES string of the molecule is CC(c1ccccc1N(C)C)n1cc(NC(=O)c2n[nH]c3ccccc23)cn1. The first-order valence-corrected chi connectivity index (χ1v) is 9.09. The molecule has 7 nitrogen and oxygen atoms in total. The van der Waals surface area contributed by atoms with Crippen LogP contribution >= 0.6 is 0 Å². The number of aromatic amines is 1. The number of H-pyrrole nitrogens is 1. The van der Waals surface area contributed by atoms with E-state index in [-0.39, 0.29) is 11.9 Å². The van der Waals surface area contributed by atoms with Crippen molar-refractivity contribution in [3.63, 3.8) is 0 Å². The second kappa shape index (κ2) is 7.19. The Morgan fingerprint density at radius 3 is 2.71 bits per heavy atom. The van der Waals surface area contributed by atoms with Gasteiger partial charge in [-0.15, -0.1) is 0 Å². The fourth-order valence-corrected chi connectivity index (χ4v) is 3.33. The molecule has 4 aromatic rings. The third kappa shape index (κ3) is 3.22. The summed E-state index contributed by atoms with van der Waals surface area (Å²) < 4.78 is 1.85. The van der Waals surface area contributed by atoms with E-state index in [0.29, 0.717) is 11.4 Å². The van der Waals surface area contributed by atoms with E-state index in [4.69, 9.17) is 0 Å². The van der Waals surface area contributed by atoms with Crippen molar-refractivity contribution in [2.45, 2.75) is 13.0 Å². The topological polar surface area (TPSA) is 78.8 Å². The highest BCUT2D eigenvalue weighted by molar-refractivity contribution is 6.10. The molecule has 7 heteroatoms. The predicted molar refractivity (Wildman–Crippen MR) is 111 cm³/mol. The van der Waals surface area contributed by atoms with Crippen molar-refractivity contribution in [2.75, 3.05) is 24.3 Å². The van der Waals surface area contributed by atoms with E-state index < -0.39 is 0 Å². The van der Waals surface area contributed by atoms with Gasteiger partial charge in [0, 0.05) is 31.4 Å². The maximum absolute atomic E-state index is 12.6. The van der Waals surface area contributed by atoms with E-state index in [1.54, 1.807) is 6.20 Å². The summed E-state index contributed by atoms with van der Waals surface area (Å²) in [5, 5.41) is 15.1. The van der Waals surface area contributed by atoms with Gasteiger partial charge in [0.25, 0.3) is 5.91 Å². The van der Waals surface area contributed by atoms with Gasteiger partial charge in [0.1, 0.15) is 0 Å². The third-order valence-corrected chi connectivity index (χ3v) is 4.81. The molecule has 0 radical (unpaired) electrons. The van der Waals surface area contributed by atoms with Crippen molar-refractivity contribution in [1.82, 2.24) is 20.0 Å². The molecule has 0 aliphatic rings. The monoisotopic (exact) mass is 374 g/mol. The second-order valence-corrected chi connectivity index (χ2v) is 6.91. The zero-order valence-corrected chi connectivity index (χ0v) is 16.0. The molecule has 0 spiro atoms. The summed E-state index contributed by atoms with van der Waals surface area (Å²) in [5.41, 5.74) is 4.13. The largest absolute Gasteiger partial charge is 0.377 e. The van der Waals surface area contributed by atoms with E-state index in [9.17, 15) is 4.79 Å². The van der Waals surface area contributed by atoms with Crippen LogP contribution in [0.4, 0.5) is 11.4 Å². The van der Waals surface area contributed by atoms with Crippen molar-refractivity contribution in [3.05, 3.63) is 72.2 Å². The first kappa shape index (κ1) is 17.8. The lowest BCUT2D eigenvalue weighted by atomic mass is 10.1. The van der Waals surface area contributed by atoms with Crippen LogP contribution in [0, 0.1) is 0 Å². The van der Waals surface area contributed by atoms with Crippen LogP contribution in [-0.4, -0.2) is 40.0 Å². The zero-order chi connectivity index (χ0) is 19.7. The molecule has 0 aliphatic carbocycles. The fourth-order valence-electron chi connectivity index (χ4n) is 3.33. The van der Waals surface area contributed by atoms with E-state index in [0.717, 1.165) is 22.2 Å². The Labute approximate surface area is 163 Å². The molecule has 1 amide bonds. The van der Waals surface area contributed by atoms with Crippen LogP contribution in [0.2, 0.25) is 0 Å². The maximum atomic E-state index is 12.6. The number of hydrogen-bond donors (Lipinski definition) is 2. The summed E-state index contributed by atoms with van der Waals surface area (Å²) >= 11 is 0. The van der Waals surface area contributed by atoms with Gasteiger partial charge >= 0.3 is 0 Å². The van der Waals surface area contributed by atoms with Crippen LogP contribution < -0.4 is 10.2 Å². The van der Waals surface area contributed by atoms with Crippen LogP contribution in [-0.2, 0) is 0 Å². The first-order chi connectivity index (χ1) is 13.5. The quantitative estimate of drug-likeness (QED) is 0.558. The Balaban J connectivity index is 1.56. The molecule has 0 saturated heterocycles.